The molecule has 0 radical (unpaired) electrons. The van der Waals surface area contributed by atoms with Gasteiger partial charge in [0.25, 0.3) is 11.8 Å². The summed E-state index contributed by atoms with van der Waals surface area (Å²) in [5, 5.41) is 29.4. The Hall–Kier alpha value is -4.99. The first-order valence-electron chi connectivity index (χ1n) is 13.6. The van der Waals surface area contributed by atoms with Crippen LogP contribution in [0.2, 0.25) is 0 Å². The van der Waals surface area contributed by atoms with Gasteiger partial charge in [0.05, 0.1) is 27.7 Å². The molecule has 2 amide bonds. The molecule has 5 rings (SSSR count). The fourth-order valence-corrected chi connectivity index (χ4v) is 4.87. The molecule has 232 valence electrons. The number of aliphatic hydroxyl groups excluding tert-OH is 2. The number of carbonyl (C=O) groups excluding carboxylic acids is 2. The van der Waals surface area contributed by atoms with E-state index >= 15 is 0 Å². The van der Waals surface area contributed by atoms with Crippen molar-refractivity contribution in [2.45, 2.75) is 37.6 Å². The number of hydrogen-bond acceptors (Lipinski definition) is 12. The number of imidazole rings is 1. The minimum atomic E-state index is -1.41. The summed E-state index contributed by atoms with van der Waals surface area (Å²) in [4.78, 5) is 37.8. The van der Waals surface area contributed by atoms with E-state index in [2.05, 4.69) is 30.9 Å². The van der Waals surface area contributed by atoms with Gasteiger partial charge in [-0.15, -0.1) is 0 Å². The van der Waals surface area contributed by atoms with Gasteiger partial charge in [-0.25, -0.2) is 15.0 Å². The third-order valence-electron chi connectivity index (χ3n) is 7.24. The number of amides is 2. The van der Waals surface area contributed by atoms with Crippen molar-refractivity contribution in [2.24, 2.45) is 0 Å². The normalized spacial score (nSPS) is 19.4. The van der Waals surface area contributed by atoms with Crippen molar-refractivity contribution < 1.29 is 38.7 Å². The second-order valence-electron chi connectivity index (χ2n) is 9.86. The van der Waals surface area contributed by atoms with Gasteiger partial charge >= 0.3 is 0 Å². The maximum atomic E-state index is 12.8. The minimum Gasteiger partial charge on any atom is -0.493 e. The molecule has 44 heavy (non-hydrogen) atoms. The number of aromatic nitrogens is 4. The van der Waals surface area contributed by atoms with Gasteiger partial charge in [0.1, 0.15) is 18.5 Å². The first-order chi connectivity index (χ1) is 21.3. The van der Waals surface area contributed by atoms with Crippen LogP contribution in [-0.2, 0) is 22.6 Å². The van der Waals surface area contributed by atoms with Gasteiger partial charge in [0, 0.05) is 25.7 Å². The van der Waals surface area contributed by atoms with Gasteiger partial charge in [0.2, 0.25) is 5.75 Å². The Morgan fingerprint density at radius 2 is 1.59 bits per heavy atom. The third-order valence-corrected chi connectivity index (χ3v) is 7.24. The third kappa shape index (κ3) is 5.92. The van der Waals surface area contributed by atoms with Crippen LogP contribution in [0.3, 0.4) is 0 Å². The summed E-state index contributed by atoms with van der Waals surface area (Å²) in [6.45, 7) is 0.717. The molecule has 1 aliphatic heterocycles. The van der Waals surface area contributed by atoms with Crippen LogP contribution in [0.1, 0.15) is 27.7 Å². The second kappa shape index (κ2) is 13.1. The van der Waals surface area contributed by atoms with E-state index in [4.69, 9.17) is 18.9 Å². The van der Waals surface area contributed by atoms with Gasteiger partial charge in [-0.05, 0) is 23.3 Å². The van der Waals surface area contributed by atoms with Crippen molar-refractivity contribution in [3.05, 3.63) is 65.7 Å². The van der Waals surface area contributed by atoms with Crippen LogP contribution >= 0.6 is 0 Å². The van der Waals surface area contributed by atoms with E-state index in [9.17, 15) is 19.8 Å². The Morgan fingerprint density at radius 1 is 0.932 bits per heavy atom. The fraction of sp³-hybridized carbons (Fsp3) is 0.345. The Kier molecular flexibility index (Phi) is 9.08. The lowest BCUT2D eigenvalue weighted by Gasteiger charge is -2.16. The molecular formula is C29H33N7O8. The number of anilines is 1. The highest BCUT2D eigenvalue weighted by Crippen LogP contribution is 2.38. The SMILES string of the molecule is CNC(=O)[C@H]1O[C@@H](n2cnc3c(NCc4ccc(CNC(=O)c5cc(OC)c(OC)c(OC)c5)cc4)ncnc32)C(O)C1O. The highest BCUT2D eigenvalue weighted by Gasteiger charge is 2.47. The lowest BCUT2D eigenvalue weighted by Crippen LogP contribution is -2.41. The van der Waals surface area contributed by atoms with Crippen molar-refractivity contribution in [3.63, 3.8) is 0 Å². The zero-order valence-corrected chi connectivity index (χ0v) is 24.5. The molecule has 4 aromatic rings. The zero-order chi connectivity index (χ0) is 31.4. The van der Waals surface area contributed by atoms with Crippen LogP contribution in [-0.4, -0.2) is 88.2 Å². The molecule has 0 saturated carbocycles. The predicted molar refractivity (Wildman–Crippen MR) is 156 cm³/mol. The molecule has 0 aliphatic carbocycles. The van der Waals surface area contributed by atoms with Crippen LogP contribution < -0.4 is 30.2 Å². The van der Waals surface area contributed by atoms with E-state index in [1.54, 1.807) is 12.1 Å². The number of ether oxygens (including phenoxy) is 4. The number of benzene rings is 2. The zero-order valence-electron chi connectivity index (χ0n) is 24.5. The summed E-state index contributed by atoms with van der Waals surface area (Å²) in [5.74, 6) is 0.790. The summed E-state index contributed by atoms with van der Waals surface area (Å²) in [5.41, 5.74) is 2.99. The molecule has 2 unspecified atom stereocenters. The first-order valence-corrected chi connectivity index (χ1v) is 13.6. The van der Waals surface area contributed by atoms with Crippen molar-refractivity contribution in [2.75, 3.05) is 33.7 Å². The molecule has 0 bridgehead atoms. The molecule has 2 aromatic heterocycles. The van der Waals surface area contributed by atoms with E-state index in [0.717, 1.165) is 11.1 Å². The number of aliphatic hydroxyl groups is 2. The molecule has 4 atom stereocenters. The Labute approximate surface area is 252 Å². The summed E-state index contributed by atoms with van der Waals surface area (Å²) in [6, 6.07) is 10.8. The van der Waals surface area contributed by atoms with Crippen molar-refractivity contribution >= 4 is 28.8 Å². The second-order valence-corrected chi connectivity index (χ2v) is 9.86. The van der Waals surface area contributed by atoms with Crippen LogP contribution in [0.25, 0.3) is 11.2 Å². The number of fused-ring (bicyclic) bond motifs is 1. The number of carbonyl (C=O) groups is 2. The summed E-state index contributed by atoms with van der Waals surface area (Å²) >= 11 is 0. The monoisotopic (exact) mass is 607 g/mol. The van der Waals surface area contributed by atoms with Crippen molar-refractivity contribution in [1.29, 1.82) is 0 Å². The average Bonchev–Trinajstić information content (AvgIpc) is 3.62. The predicted octanol–water partition coefficient (Wildman–Crippen LogP) is 0.759. The van der Waals surface area contributed by atoms with E-state index in [-0.39, 0.29) is 5.91 Å². The van der Waals surface area contributed by atoms with Gasteiger partial charge in [-0.3, -0.25) is 14.2 Å². The maximum absolute atomic E-state index is 12.8. The summed E-state index contributed by atoms with van der Waals surface area (Å²) in [6.07, 6.45) is -2.33. The van der Waals surface area contributed by atoms with Crippen LogP contribution in [0.4, 0.5) is 5.82 Å². The van der Waals surface area contributed by atoms with Crippen LogP contribution in [0.5, 0.6) is 17.2 Å². The highest BCUT2D eigenvalue weighted by molar-refractivity contribution is 5.95. The average molecular weight is 608 g/mol. The lowest BCUT2D eigenvalue weighted by atomic mass is 10.1. The fourth-order valence-electron chi connectivity index (χ4n) is 4.87. The van der Waals surface area contributed by atoms with Crippen molar-refractivity contribution in [1.82, 2.24) is 30.2 Å². The number of rotatable bonds is 11. The van der Waals surface area contributed by atoms with Gasteiger partial charge < -0.3 is 45.1 Å². The van der Waals surface area contributed by atoms with E-state index in [1.807, 2.05) is 24.3 Å². The highest BCUT2D eigenvalue weighted by atomic mass is 16.6. The number of hydrogen-bond donors (Lipinski definition) is 5. The molecule has 2 aromatic carbocycles. The number of nitrogens with one attached hydrogen (secondary N) is 3. The van der Waals surface area contributed by atoms with E-state index in [1.165, 1.54) is 45.6 Å². The molecule has 1 fully saturated rings. The summed E-state index contributed by atoms with van der Waals surface area (Å²) < 4.78 is 23.1. The largest absolute Gasteiger partial charge is 0.493 e. The molecule has 5 N–H and O–H groups in total. The van der Waals surface area contributed by atoms with Gasteiger partial charge in [0.15, 0.2) is 40.8 Å². The Balaban J connectivity index is 1.21. The minimum absolute atomic E-state index is 0.295. The van der Waals surface area contributed by atoms with Gasteiger partial charge in [-0.1, -0.05) is 24.3 Å². The van der Waals surface area contributed by atoms with E-state index < -0.39 is 30.4 Å². The Bertz CT molecular complexity index is 1620. The molecule has 0 spiro atoms. The molecule has 15 heteroatoms. The van der Waals surface area contributed by atoms with Crippen molar-refractivity contribution in [3.8, 4) is 17.2 Å². The maximum Gasteiger partial charge on any atom is 0.251 e. The number of likely N-dealkylation sites (N-methyl/N-ethyl adjacent to an activating group) is 1. The molecular weight excluding hydrogens is 574 g/mol. The smallest absolute Gasteiger partial charge is 0.251 e. The Morgan fingerprint density at radius 3 is 2.20 bits per heavy atom. The first kappa shape index (κ1) is 30.5. The lowest BCUT2D eigenvalue weighted by molar-refractivity contribution is -0.137. The quantitative estimate of drug-likeness (QED) is 0.161. The van der Waals surface area contributed by atoms with Gasteiger partial charge in [-0.2, -0.15) is 0 Å². The van der Waals surface area contributed by atoms with Crippen LogP contribution in [0.15, 0.2) is 49.1 Å². The molecule has 1 saturated heterocycles. The number of nitrogens with zero attached hydrogens (tertiary/aromatic N) is 4. The topological polar surface area (TPSA) is 191 Å². The van der Waals surface area contributed by atoms with E-state index in [0.29, 0.717) is 52.9 Å². The van der Waals surface area contributed by atoms with Crippen LogP contribution in [0, 0.1) is 0 Å². The molecule has 1 aliphatic rings. The molecule has 15 nitrogen and oxygen atoms in total. The molecule has 3 heterocycles. The standard InChI is InChI=1S/C29H33N7O8/c1-30-28(40)24-21(37)22(38)29(44-24)36-14-35-20-25(33-13-34-26(20)36)31-11-15-5-7-16(8-6-15)12-32-27(39)17-9-18(41-2)23(43-4)19(10-17)42-3/h5-10,13-14,21-22,24,29,37-38H,11-12H2,1-4H3,(H,30,40)(H,32,39)(H,31,33,34)/t21?,22?,24-,29+/m0/s1. The number of methoxy groups -OCH3 is 3. The summed E-state index contributed by atoms with van der Waals surface area (Å²) in [7, 11) is 5.89.